The summed E-state index contributed by atoms with van der Waals surface area (Å²) in [4.78, 5) is 24.0. The molecule has 0 amide bonds. The number of hydrogen-bond acceptors (Lipinski definition) is 5. The Morgan fingerprint density at radius 1 is 1.12 bits per heavy atom. The number of methoxy groups -OCH3 is 1. The third kappa shape index (κ3) is 3.82. The smallest absolute Gasteiger partial charge is 0.163 e. The summed E-state index contributed by atoms with van der Waals surface area (Å²) in [6.07, 6.45) is 0.130. The van der Waals surface area contributed by atoms with Gasteiger partial charge >= 0.3 is 0 Å². The fourth-order valence-electron chi connectivity index (χ4n) is 2.88. The number of rotatable bonds is 6. The Balaban J connectivity index is 2.64. The Bertz CT molecular complexity index is 834. The van der Waals surface area contributed by atoms with Crippen molar-refractivity contribution >= 4 is 11.6 Å². The monoisotopic (exact) mass is 342 g/mol. The van der Waals surface area contributed by atoms with Gasteiger partial charge in [-0.25, -0.2) is 0 Å². The first-order chi connectivity index (χ1) is 11.8. The standard InChI is InChI=1S/C20H22O5/c1-11(21)17(12(2)22)10-18-19(13(3)23)14(4)25-20(18)15-6-8-16(24-5)9-7-15/h6-9,21H,10H2,1-5H3/b17-11-. The van der Waals surface area contributed by atoms with Crippen LogP contribution in [0.15, 0.2) is 40.0 Å². The van der Waals surface area contributed by atoms with Gasteiger partial charge in [0.2, 0.25) is 0 Å². The number of ether oxygens (including phenoxy) is 1. The van der Waals surface area contributed by atoms with Crippen molar-refractivity contribution in [3.05, 3.63) is 52.5 Å². The molecule has 0 saturated carbocycles. The molecular weight excluding hydrogens is 320 g/mol. The summed E-state index contributed by atoms with van der Waals surface area (Å²) >= 11 is 0. The minimum atomic E-state index is -0.242. The van der Waals surface area contributed by atoms with Crippen LogP contribution in [0, 0.1) is 6.92 Å². The Morgan fingerprint density at radius 2 is 1.72 bits per heavy atom. The lowest BCUT2D eigenvalue weighted by atomic mass is 9.94. The number of furan rings is 1. The van der Waals surface area contributed by atoms with E-state index < -0.39 is 0 Å². The predicted molar refractivity (Wildman–Crippen MR) is 95.2 cm³/mol. The van der Waals surface area contributed by atoms with Crippen LogP contribution in [0.1, 0.15) is 42.5 Å². The zero-order chi connectivity index (χ0) is 18.7. The molecule has 2 aromatic rings. The summed E-state index contributed by atoms with van der Waals surface area (Å²) in [5.41, 5.74) is 2.09. The lowest BCUT2D eigenvalue weighted by molar-refractivity contribution is -0.113. The average Bonchev–Trinajstić information content (AvgIpc) is 2.88. The Morgan fingerprint density at radius 3 is 2.16 bits per heavy atom. The fourth-order valence-corrected chi connectivity index (χ4v) is 2.88. The molecule has 0 aliphatic carbocycles. The molecule has 5 heteroatoms. The van der Waals surface area contributed by atoms with E-state index in [0.29, 0.717) is 28.4 Å². The summed E-state index contributed by atoms with van der Waals surface area (Å²) in [5.74, 6) is 1.28. The number of carbonyl (C=O) groups excluding carboxylic acids is 2. The number of allylic oxidation sites excluding steroid dienone is 2. The molecule has 2 rings (SSSR count). The Kier molecular flexibility index (Phi) is 5.47. The molecule has 0 atom stereocenters. The van der Waals surface area contributed by atoms with Gasteiger partial charge in [0.05, 0.1) is 18.4 Å². The number of benzene rings is 1. The minimum Gasteiger partial charge on any atom is -0.512 e. The molecule has 1 N–H and O–H groups in total. The fraction of sp³-hybridized carbons (Fsp3) is 0.300. The van der Waals surface area contributed by atoms with Crippen molar-refractivity contribution in [1.29, 1.82) is 0 Å². The summed E-state index contributed by atoms with van der Waals surface area (Å²) in [5, 5.41) is 9.84. The van der Waals surface area contributed by atoms with Crippen molar-refractivity contribution in [3.63, 3.8) is 0 Å². The van der Waals surface area contributed by atoms with Crippen LogP contribution in [-0.2, 0) is 11.2 Å². The Hall–Kier alpha value is -2.82. The SMILES string of the molecule is COc1ccc(-c2oc(C)c(C(C)=O)c2C/C(C(C)=O)=C(\C)O)cc1. The zero-order valence-corrected chi connectivity index (χ0v) is 15.1. The van der Waals surface area contributed by atoms with Crippen molar-refractivity contribution in [2.75, 3.05) is 7.11 Å². The molecule has 1 aromatic heterocycles. The van der Waals surface area contributed by atoms with Crippen LogP contribution in [-0.4, -0.2) is 23.8 Å². The number of ketones is 2. The van der Waals surface area contributed by atoms with Crippen LogP contribution >= 0.6 is 0 Å². The highest BCUT2D eigenvalue weighted by atomic mass is 16.5. The quantitative estimate of drug-likeness (QED) is 0.477. The summed E-state index contributed by atoms with van der Waals surface area (Å²) in [7, 11) is 1.58. The van der Waals surface area contributed by atoms with Gasteiger partial charge in [0, 0.05) is 23.1 Å². The van der Waals surface area contributed by atoms with Gasteiger partial charge in [-0.1, -0.05) is 0 Å². The second-order valence-electron chi connectivity index (χ2n) is 5.92. The Labute approximate surface area is 146 Å². The zero-order valence-electron chi connectivity index (χ0n) is 15.1. The molecule has 1 heterocycles. The highest BCUT2D eigenvalue weighted by Gasteiger charge is 2.24. The third-order valence-electron chi connectivity index (χ3n) is 4.10. The molecule has 0 unspecified atom stereocenters. The summed E-state index contributed by atoms with van der Waals surface area (Å²) < 4.78 is 11.0. The van der Waals surface area contributed by atoms with E-state index in [0.717, 1.165) is 5.56 Å². The topological polar surface area (TPSA) is 76.7 Å². The number of carbonyl (C=O) groups is 2. The maximum atomic E-state index is 12.1. The molecule has 25 heavy (non-hydrogen) atoms. The second kappa shape index (κ2) is 7.38. The average molecular weight is 342 g/mol. The second-order valence-corrected chi connectivity index (χ2v) is 5.92. The van der Waals surface area contributed by atoms with Gasteiger partial charge < -0.3 is 14.3 Å². The molecule has 0 spiro atoms. The molecule has 0 fully saturated rings. The van der Waals surface area contributed by atoms with E-state index in [4.69, 9.17) is 9.15 Å². The minimum absolute atomic E-state index is 0.0541. The van der Waals surface area contributed by atoms with Crippen LogP contribution in [0.5, 0.6) is 5.75 Å². The molecule has 0 radical (unpaired) electrons. The van der Waals surface area contributed by atoms with E-state index in [9.17, 15) is 14.7 Å². The van der Waals surface area contributed by atoms with Crippen molar-refractivity contribution in [2.24, 2.45) is 0 Å². The van der Waals surface area contributed by atoms with Crippen LogP contribution in [0.25, 0.3) is 11.3 Å². The molecule has 5 nitrogen and oxygen atoms in total. The first-order valence-corrected chi connectivity index (χ1v) is 7.93. The van der Waals surface area contributed by atoms with E-state index in [1.54, 1.807) is 26.2 Å². The molecule has 1 aromatic carbocycles. The van der Waals surface area contributed by atoms with Gasteiger partial charge in [-0.05, 0) is 52.0 Å². The van der Waals surface area contributed by atoms with Gasteiger partial charge in [0.1, 0.15) is 17.3 Å². The van der Waals surface area contributed by atoms with E-state index >= 15 is 0 Å². The van der Waals surface area contributed by atoms with Gasteiger partial charge in [-0.15, -0.1) is 0 Å². The van der Waals surface area contributed by atoms with Gasteiger partial charge in [-0.3, -0.25) is 9.59 Å². The van der Waals surface area contributed by atoms with Crippen molar-refractivity contribution < 1.29 is 23.8 Å². The van der Waals surface area contributed by atoms with Crippen LogP contribution in [0.3, 0.4) is 0 Å². The largest absolute Gasteiger partial charge is 0.512 e. The lowest BCUT2D eigenvalue weighted by Crippen LogP contribution is -2.07. The van der Waals surface area contributed by atoms with Gasteiger partial charge in [0.15, 0.2) is 11.6 Å². The van der Waals surface area contributed by atoms with Crippen LogP contribution < -0.4 is 4.74 Å². The maximum Gasteiger partial charge on any atom is 0.163 e. The number of Topliss-reactive ketones (excluding diaryl/α,β-unsaturated/α-hetero) is 2. The molecule has 0 aliphatic heterocycles. The highest BCUT2D eigenvalue weighted by molar-refractivity contribution is 6.00. The van der Waals surface area contributed by atoms with E-state index in [1.807, 2.05) is 12.1 Å². The summed E-state index contributed by atoms with van der Waals surface area (Å²) in [6, 6.07) is 7.24. The normalized spacial score (nSPS) is 11.9. The third-order valence-corrected chi connectivity index (χ3v) is 4.10. The van der Waals surface area contributed by atoms with Crippen molar-refractivity contribution in [2.45, 2.75) is 34.1 Å². The highest BCUT2D eigenvalue weighted by Crippen LogP contribution is 2.34. The molecule has 0 bridgehead atoms. The molecule has 0 aliphatic rings. The molecule has 0 saturated heterocycles. The van der Waals surface area contributed by atoms with Crippen molar-refractivity contribution in [1.82, 2.24) is 0 Å². The number of aryl methyl sites for hydroxylation is 1. The van der Waals surface area contributed by atoms with Gasteiger partial charge in [0.25, 0.3) is 0 Å². The van der Waals surface area contributed by atoms with E-state index in [1.165, 1.54) is 20.8 Å². The van der Waals surface area contributed by atoms with Crippen LogP contribution in [0.2, 0.25) is 0 Å². The first-order valence-electron chi connectivity index (χ1n) is 7.93. The van der Waals surface area contributed by atoms with E-state index in [-0.39, 0.29) is 29.3 Å². The number of aliphatic hydroxyl groups excluding tert-OH is 1. The maximum absolute atomic E-state index is 12.1. The lowest BCUT2D eigenvalue weighted by Gasteiger charge is -2.08. The molecule has 132 valence electrons. The number of hydrogen-bond donors (Lipinski definition) is 1. The first kappa shape index (κ1) is 18.5. The summed E-state index contributed by atoms with van der Waals surface area (Å²) in [6.45, 7) is 6.03. The van der Waals surface area contributed by atoms with E-state index in [2.05, 4.69) is 0 Å². The molecular formula is C20H22O5. The number of aliphatic hydroxyl groups is 1. The predicted octanol–water partition coefficient (Wildman–Crippen LogP) is 4.43. The van der Waals surface area contributed by atoms with Gasteiger partial charge in [-0.2, -0.15) is 0 Å². The van der Waals surface area contributed by atoms with Crippen LogP contribution in [0.4, 0.5) is 0 Å². The van der Waals surface area contributed by atoms with Crippen molar-refractivity contribution in [3.8, 4) is 17.1 Å².